The average Bonchev–Trinajstić information content (AvgIpc) is 2.93. The van der Waals surface area contributed by atoms with E-state index in [1.54, 1.807) is 4.90 Å². The summed E-state index contributed by atoms with van der Waals surface area (Å²) in [7, 11) is 0. The molecule has 0 radical (unpaired) electrons. The van der Waals surface area contributed by atoms with Gasteiger partial charge in [0.25, 0.3) is 5.91 Å². The largest absolute Gasteiger partial charge is 0.478 e. The molecule has 22 heavy (non-hydrogen) atoms. The van der Waals surface area contributed by atoms with Crippen LogP contribution in [-0.2, 0) is 4.74 Å². The molecule has 1 atom stereocenters. The Labute approximate surface area is 128 Å². The molecule has 1 N–H and O–H groups in total. The summed E-state index contributed by atoms with van der Waals surface area (Å²) in [4.78, 5) is 24.6. The zero-order valence-corrected chi connectivity index (χ0v) is 12.7. The lowest BCUT2D eigenvalue weighted by Gasteiger charge is -2.18. The van der Waals surface area contributed by atoms with Crippen molar-refractivity contribution in [2.24, 2.45) is 5.92 Å². The molecule has 5 nitrogen and oxygen atoms in total. The van der Waals surface area contributed by atoms with Gasteiger partial charge in [0, 0.05) is 19.7 Å². The number of amides is 1. The van der Waals surface area contributed by atoms with Gasteiger partial charge in [0.2, 0.25) is 0 Å². The van der Waals surface area contributed by atoms with E-state index in [0.29, 0.717) is 25.6 Å². The van der Waals surface area contributed by atoms with Crippen LogP contribution in [0.4, 0.5) is 4.39 Å². The van der Waals surface area contributed by atoms with Crippen LogP contribution in [0.3, 0.4) is 0 Å². The smallest absolute Gasteiger partial charge is 0.335 e. The van der Waals surface area contributed by atoms with Crippen LogP contribution in [0.25, 0.3) is 0 Å². The maximum Gasteiger partial charge on any atom is 0.335 e. The number of likely N-dealkylation sites (tertiary alicyclic amines) is 1. The number of ether oxygens (including phenoxy) is 1. The molecular weight excluding hydrogens is 289 g/mol. The number of carbonyl (C=O) groups excluding carboxylic acids is 1. The van der Waals surface area contributed by atoms with Gasteiger partial charge < -0.3 is 14.7 Å². The summed E-state index contributed by atoms with van der Waals surface area (Å²) in [5.41, 5.74) is -0.275. The predicted molar refractivity (Wildman–Crippen MR) is 78.5 cm³/mol. The Balaban J connectivity index is 2.02. The number of benzene rings is 1. The highest BCUT2D eigenvalue weighted by Gasteiger charge is 2.29. The first-order valence-corrected chi connectivity index (χ1v) is 7.32. The number of hydrogen-bond donors (Lipinski definition) is 1. The molecule has 0 bridgehead atoms. The van der Waals surface area contributed by atoms with Gasteiger partial charge in [-0.15, -0.1) is 0 Å². The van der Waals surface area contributed by atoms with Crippen LogP contribution in [0, 0.1) is 11.7 Å². The molecule has 1 saturated heterocycles. The number of halogens is 1. The van der Waals surface area contributed by atoms with Crippen molar-refractivity contribution in [3.05, 3.63) is 35.1 Å². The van der Waals surface area contributed by atoms with E-state index >= 15 is 0 Å². The molecule has 2 rings (SSSR count). The van der Waals surface area contributed by atoms with Gasteiger partial charge in [0.15, 0.2) is 0 Å². The molecule has 0 aliphatic carbocycles. The molecule has 1 aromatic carbocycles. The second-order valence-corrected chi connectivity index (χ2v) is 5.89. The Morgan fingerprint density at radius 2 is 2.18 bits per heavy atom. The Hall–Kier alpha value is -1.95. The summed E-state index contributed by atoms with van der Waals surface area (Å²) >= 11 is 0. The van der Waals surface area contributed by atoms with E-state index in [9.17, 15) is 14.0 Å². The number of carboxylic acids is 1. The molecule has 0 saturated carbocycles. The maximum absolute atomic E-state index is 13.9. The van der Waals surface area contributed by atoms with Crippen molar-refractivity contribution in [2.75, 3.05) is 19.7 Å². The first-order chi connectivity index (χ1) is 10.4. The van der Waals surface area contributed by atoms with Gasteiger partial charge in [-0.05, 0) is 30.5 Å². The molecule has 0 spiro atoms. The van der Waals surface area contributed by atoms with Crippen molar-refractivity contribution in [3.63, 3.8) is 0 Å². The highest BCUT2D eigenvalue weighted by atomic mass is 19.1. The zero-order chi connectivity index (χ0) is 16.3. The third-order valence-electron chi connectivity index (χ3n) is 3.54. The third-order valence-corrected chi connectivity index (χ3v) is 3.54. The Kier molecular flexibility index (Phi) is 5.13. The van der Waals surface area contributed by atoms with Crippen LogP contribution in [0.15, 0.2) is 18.2 Å². The molecule has 120 valence electrons. The molecule has 1 amide bonds. The summed E-state index contributed by atoms with van der Waals surface area (Å²) in [6.07, 6.45) is 0.709. The van der Waals surface area contributed by atoms with Crippen LogP contribution >= 0.6 is 0 Å². The van der Waals surface area contributed by atoms with Gasteiger partial charge in [-0.2, -0.15) is 0 Å². The van der Waals surface area contributed by atoms with Crippen LogP contribution in [0.2, 0.25) is 0 Å². The first kappa shape index (κ1) is 16.4. The fourth-order valence-corrected chi connectivity index (χ4v) is 2.37. The summed E-state index contributed by atoms with van der Waals surface area (Å²) in [6.45, 7) is 5.69. The SMILES string of the molecule is CC(C)COC1CCN(C(=O)c2ccc(C(=O)O)cc2F)C1. The number of nitrogens with zero attached hydrogens (tertiary/aromatic N) is 1. The van der Waals surface area contributed by atoms with Crippen molar-refractivity contribution < 1.29 is 23.8 Å². The van der Waals surface area contributed by atoms with E-state index in [0.717, 1.165) is 12.5 Å². The fraction of sp³-hybridized carbons (Fsp3) is 0.500. The number of carboxylic acid groups (broad SMARTS) is 1. The molecular formula is C16H20FNO4. The van der Waals surface area contributed by atoms with Crippen LogP contribution in [0.1, 0.15) is 41.0 Å². The van der Waals surface area contributed by atoms with Gasteiger partial charge in [0.05, 0.1) is 17.2 Å². The van der Waals surface area contributed by atoms with Gasteiger partial charge >= 0.3 is 5.97 Å². The molecule has 1 heterocycles. The highest BCUT2D eigenvalue weighted by molar-refractivity contribution is 5.96. The van der Waals surface area contributed by atoms with Crippen molar-refractivity contribution in [2.45, 2.75) is 26.4 Å². The molecule has 1 unspecified atom stereocenters. The molecule has 1 aliphatic rings. The minimum Gasteiger partial charge on any atom is -0.478 e. The summed E-state index contributed by atoms with van der Waals surface area (Å²) in [5.74, 6) is -2.03. The third kappa shape index (κ3) is 3.82. The lowest BCUT2D eigenvalue weighted by atomic mass is 10.1. The topological polar surface area (TPSA) is 66.8 Å². The lowest BCUT2D eigenvalue weighted by Crippen LogP contribution is -2.31. The number of hydrogen-bond acceptors (Lipinski definition) is 3. The Morgan fingerprint density at radius 1 is 1.45 bits per heavy atom. The Bertz CT molecular complexity index is 573. The van der Waals surface area contributed by atoms with Gasteiger partial charge in [-0.1, -0.05) is 13.8 Å². The van der Waals surface area contributed by atoms with E-state index in [4.69, 9.17) is 9.84 Å². The monoisotopic (exact) mass is 309 g/mol. The van der Waals surface area contributed by atoms with Gasteiger partial charge in [-0.3, -0.25) is 4.79 Å². The van der Waals surface area contributed by atoms with E-state index in [1.807, 2.05) is 0 Å². The van der Waals surface area contributed by atoms with Crippen LogP contribution in [0.5, 0.6) is 0 Å². The first-order valence-electron chi connectivity index (χ1n) is 7.32. The molecule has 0 aromatic heterocycles. The van der Waals surface area contributed by atoms with Gasteiger partial charge in [-0.25, -0.2) is 9.18 Å². The second-order valence-electron chi connectivity index (χ2n) is 5.89. The van der Waals surface area contributed by atoms with Crippen molar-refractivity contribution in [1.82, 2.24) is 4.90 Å². The Morgan fingerprint density at radius 3 is 2.77 bits per heavy atom. The van der Waals surface area contributed by atoms with Crippen molar-refractivity contribution in [3.8, 4) is 0 Å². The number of rotatable bonds is 5. The minimum absolute atomic E-state index is 0.0206. The van der Waals surface area contributed by atoms with Crippen LogP contribution < -0.4 is 0 Å². The quantitative estimate of drug-likeness (QED) is 0.907. The summed E-state index contributed by atoms with van der Waals surface area (Å²) in [6, 6.07) is 3.34. The van der Waals surface area contributed by atoms with E-state index < -0.39 is 17.7 Å². The molecule has 1 aromatic rings. The molecule has 1 fully saturated rings. The highest BCUT2D eigenvalue weighted by Crippen LogP contribution is 2.19. The van der Waals surface area contributed by atoms with Crippen LogP contribution in [-0.4, -0.2) is 47.7 Å². The fourth-order valence-electron chi connectivity index (χ4n) is 2.37. The second kappa shape index (κ2) is 6.87. The van der Waals surface area contributed by atoms with Gasteiger partial charge in [0.1, 0.15) is 5.82 Å². The van der Waals surface area contributed by atoms with E-state index in [2.05, 4.69) is 13.8 Å². The molecule has 1 aliphatic heterocycles. The maximum atomic E-state index is 13.9. The normalized spacial score (nSPS) is 18.0. The molecule has 6 heteroatoms. The summed E-state index contributed by atoms with van der Waals surface area (Å²) < 4.78 is 19.6. The number of aromatic carboxylic acids is 1. The van der Waals surface area contributed by atoms with E-state index in [-0.39, 0.29) is 17.2 Å². The number of carbonyl (C=O) groups is 2. The van der Waals surface area contributed by atoms with Crippen molar-refractivity contribution >= 4 is 11.9 Å². The van der Waals surface area contributed by atoms with Crippen molar-refractivity contribution in [1.29, 1.82) is 0 Å². The lowest BCUT2D eigenvalue weighted by molar-refractivity contribution is 0.0395. The van der Waals surface area contributed by atoms with E-state index in [1.165, 1.54) is 12.1 Å². The standard InChI is InChI=1S/C16H20FNO4/c1-10(2)9-22-12-5-6-18(8-12)15(19)13-4-3-11(16(20)21)7-14(13)17/h3-4,7,10,12H,5-6,8-9H2,1-2H3,(H,20,21). The zero-order valence-electron chi connectivity index (χ0n) is 12.7. The summed E-state index contributed by atoms with van der Waals surface area (Å²) in [5, 5.41) is 8.81. The predicted octanol–water partition coefficient (Wildman–Crippen LogP) is 2.41. The average molecular weight is 309 g/mol. The minimum atomic E-state index is -1.22.